The number of carbonyl (C=O) groups excluding carboxylic acids is 1. The van der Waals surface area contributed by atoms with Crippen molar-refractivity contribution in [3.63, 3.8) is 0 Å². The Balaban J connectivity index is 2.03. The van der Waals surface area contributed by atoms with Gasteiger partial charge in [0.2, 0.25) is 11.8 Å². The fourth-order valence-electron chi connectivity index (χ4n) is 2.40. The zero-order valence-electron chi connectivity index (χ0n) is 14.3. The molecule has 1 aromatic rings. The first-order valence-corrected chi connectivity index (χ1v) is 7.98. The molecular formula is C16H20F5N3O2. The number of nitrogens with one attached hydrogen (secondary N) is 2. The summed E-state index contributed by atoms with van der Waals surface area (Å²) >= 11 is 0. The second-order valence-corrected chi connectivity index (χ2v) is 6.78. The number of hydrogen-bond acceptors (Lipinski definition) is 4. The van der Waals surface area contributed by atoms with E-state index in [1.165, 1.54) is 13.8 Å². The highest BCUT2D eigenvalue weighted by atomic mass is 19.4. The predicted octanol–water partition coefficient (Wildman–Crippen LogP) is 2.62. The van der Waals surface area contributed by atoms with Crippen LogP contribution in [0.3, 0.4) is 0 Å². The molecule has 1 unspecified atom stereocenters. The molecule has 0 aliphatic carbocycles. The Morgan fingerprint density at radius 2 is 2.12 bits per heavy atom. The number of hydrogen-bond donors (Lipinski definition) is 2. The Morgan fingerprint density at radius 1 is 1.42 bits per heavy atom. The number of aromatic nitrogens is 1. The van der Waals surface area contributed by atoms with E-state index < -0.39 is 54.1 Å². The molecule has 2 N–H and O–H groups in total. The van der Waals surface area contributed by atoms with E-state index in [9.17, 15) is 26.7 Å². The van der Waals surface area contributed by atoms with Gasteiger partial charge in [-0.15, -0.1) is 0 Å². The molecule has 1 aliphatic heterocycles. The van der Waals surface area contributed by atoms with E-state index in [1.54, 1.807) is 0 Å². The molecule has 0 radical (unpaired) electrons. The lowest BCUT2D eigenvalue weighted by Gasteiger charge is -2.34. The molecule has 0 saturated carbocycles. The van der Waals surface area contributed by atoms with Gasteiger partial charge in [-0.05, 0) is 38.9 Å². The maximum atomic E-state index is 13.8. The van der Waals surface area contributed by atoms with Gasteiger partial charge in [0, 0.05) is 6.20 Å². The number of carbonyl (C=O) groups is 1. The number of alkyl halides is 5. The van der Waals surface area contributed by atoms with Crippen molar-refractivity contribution in [2.75, 3.05) is 19.7 Å². The third-order valence-corrected chi connectivity index (χ3v) is 4.05. The van der Waals surface area contributed by atoms with E-state index >= 15 is 0 Å². The normalized spacial score (nSPS) is 20.5. The second-order valence-electron chi connectivity index (χ2n) is 6.78. The molecule has 0 spiro atoms. The van der Waals surface area contributed by atoms with Gasteiger partial charge in [-0.3, -0.25) is 4.79 Å². The predicted molar refractivity (Wildman–Crippen MR) is 82.9 cm³/mol. The Kier molecular flexibility index (Phi) is 5.74. The number of ether oxygens (including phenoxy) is 1. The molecule has 146 valence electrons. The van der Waals surface area contributed by atoms with Gasteiger partial charge in [0.25, 0.3) is 5.92 Å². The minimum absolute atomic E-state index is 0.0497. The third kappa shape index (κ3) is 4.80. The number of halogens is 5. The van der Waals surface area contributed by atoms with Crippen molar-refractivity contribution < 1.29 is 31.5 Å². The highest BCUT2D eigenvalue weighted by Crippen LogP contribution is 2.35. The fourth-order valence-corrected chi connectivity index (χ4v) is 2.40. The molecule has 1 aliphatic rings. The Hall–Kier alpha value is -1.97. The molecule has 1 saturated heterocycles. The van der Waals surface area contributed by atoms with Crippen molar-refractivity contribution in [1.29, 1.82) is 0 Å². The average molecular weight is 381 g/mol. The van der Waals surface area contributed by atoms with Crippen molar-refractivity contribution in [2.24, 2.45) is 5.41 Å². The van der Waals surface area contributed by atoms with Crippen molar-refractivity contribution in [3.8, 4) is 5.88 Å². The lowest BCUT2D eigenvalue weighted by Crippen LogP contribution is -2.59. The van der Waals surface area contributed by atoms with Gasteiger partial charge in [0.15, 0.2) is 0 Å². The van der Waals surface area contributed by atoms with E-state index in [0.717, 1.165) is 18.3 Å². The first-order chi connectivity index (χ1) is 11.9. The standard InChI is InChI=1S/C16H20F5N3O2/c1-14(2,13(25)24-11-5-7-22-8-15(11,17)18)9-26-12-10(16(19,20)21)4-3-6-23-12/h3-4,6,11,22H,5,7-9H2,1-2H3,(H,24,25). The molecule has 2 rings (SSSR count). The van der Waals surface area contributed by atoms with Crippen molar-refractivity contribution in [3.05, 3.63) is 23.9 Å². The zero-order chi connectivity index (χ0) is 19.6. The Morgan fingerprint density at radius 3 is 2.73 bits per heavy atom. The van der Waals surface area contributed by atoms with Crippen LogP contribution in [0.25, 0.3) is 0 Å². The molecule has 1 amide bonds. The van der Waals surface area contributed by atoms with Crippen LogP contribution in [0.2, 0.25) is 0 Å². The van der Waals surface area contributed by atoms with Crippen LogP contribution in [0.15, 0.2) is 18.3 Å². The molecule has 10 heteroatoms. The quantitative estimate of drug-likeness (QED) is 0.770. The van der Waals surface area contributed by atoms with Gasteiger partial charge < -0.3 is 15.4 Å². The summed E-state index contributed by atoms with van der Waals surface area (Å²) < 4.78 is 71.5. The zero-order valence-corrected chi connectivity index (χ0v) is 14.3. The first-order valence-electron chi connectivity index (χ1n) is 7.98. The monoisotopic (exact) mass is 381 g/mol. The summed E-state index contributed by atoms with van der Waals surface area (Å²) in [5, 5.41) is 4.82. The summed E-state index contributed by atoms with van der Waals surface area (Å²) in [4.78, 5) is 15.9. The Bertz CT molecular complexity index is 649. The minimum Gasteiger partial charge on any atom is -0.476 e. The van der Waals surface area contributed by atoms with Gasteiger partial charge in [-0.1, -0.05) is 0 Å². The van der Waals surface area contributed by atoms with E-state index in [4.69, 9.17) is 4.74 Å². The molecule has 1 aromatic heterocycles. The maximum absolute atomic E-state index is 13.8. The van der Waals surface area contributed by atoms with Crippen molar-refractivity contribution in [2.45, 2.75) is 38.4 Å². The van der Waals surface area contributed by atoms with E-state index in [1.807, 2.05) is 0 Å². The van der Waals surface area contributed by atoms with Gasteiger partial charge >= 0.3 is 6.18 Å². The number of piperidine rings is 1. The Labute approximate surface area is 147 Å². The smallest absolute Gasteiger partial charge is 0.421 e. The van der Waals surface area contributed by atoms with E-state index in [0.29, 0.717) is 6.54 Å². The lowest BCUT2D eigenvalue weighted by molar-refractivity contribution is -0.140. The van der Waals surface area contributed by atoms with Gasteiger partial charge in [0.1, 0.15) is 12.2 Å². The van der Waals surface area contributed by atoms with Gasteiger partial charge in [-0.2, -0.15) is 13.2 Å². The fraction of sp³-hybridized carbons (Fsp3) is 0.625. The maximum Gasteiger partial charge on any atom is 0.421 e. The van der Waals surface area contributed by atoms with Crippen LogP contribution in [-0.4, -0.2) is 42.6 Å². The number of pyridine rings is 1. The largest absolute Gasteiger partial charge is 0.476 e. The van der Waals surface area contributed by atoms with Crippen LogP contribution in [-0.2, 0) is 11.0 Å². The van der Waals surface area contributed by atoms with E-state index in [-0.39, 0.29) is 6.42 Å². The summed E-state index contributed by atoms with van der Waals surface area (Å²) in [7, 11) is 0. The SMILES string of the molecule is CC(C)(COc1ncccc1C(F)(F)F)C(=O)NC1CCNCC1(F)F. The summed E-state index contributed by atoms with van der Waals surface area (Å²) in [6.45, 7) is 2.14. The number of amides is 1. The van der Waals surface area contributed by atoms with Crippen molar-refractivity contribution in [1.82, 2.24) is 15.6 Å². The average Bonchev–Trinajstić information content (AvgIpc) is 2.54. The summed E-state index contributed by atoms with van der Waals surface area (Å²) in [5.41, 5.74) is -2.40. The van der Waals surface area contributed by atoms with Gasteiger partial charge in [-0.25, -0.2) is 13.8 Å². The number of rotatable bonds is 5. The molecule has 1 fully saturated rings. The highest BCUT2D eigenvalue weighted by molar-refractivity contribution is 5.82. The van der Waals surface area contributed by atoms with Crippen molar-refractivity contribution >= 4 is 5.91 Å². The van der Waals surface area contributed by atoms with Crippen LogP contribution < -0.4 is 15.4 Å². The molecule has 5 nitrogen and oxygen atoms in total. The van der Waals surface area contributed by atoms with Crippen LogP contribution in [0.5, 0.6) is 5.88 Å². The van der Waals surface area contributed by atoms with Crippen LogP contribution in [0.1, 0.15) is 25.8 Å². The van der Waals surface area contributed by atoms with Crippen LogP contribution in [0.4, 0.5) is 22.0 Å². The topological polar surface area (TPSA) is 63.2 Å². The first kappa shape index (κ1) is 20.3. The van der Waals surface area contributed by atoms with Crippen LogP contribution >= 0.6 is 0 Å². The summed E-state index contributed by atoms with van der Waals surface area (Å²) in [6.07, 6.45) is -3.48. The molecule has 0 bridgehead atoms. The number of nitrogens with zero attached hydrogens (tertiary/aromatic N) is 1. The third-order valence-electron chi connectivity index (χ3n) is 4.05. The molecule has 0 aromatic carbocycles. The highest BCUT2D eigenvalue weighted by Gasteiger charge is 2.44. The molecule has 1 atom stereocenters. The summed E-state index contributed by atoms with van der Waals surface area (Å²) in [5.74, 6) is -4.49. The van der Waals surface area contributed by atoms with Crippen LogP contribution in [0, 0.1) is 5.41 Å². The minimum atomic E-state index is -4.66. The van der Waals surface area contributed by atoms with Gasteiger partial charge in [0.05, 0.1) is 18.0 Å². The summed E-state index contributed by atoms with van der Waals surface area (Å²) in [6, 6.07) is 0.591. The van der Waals surface area contributed by atoms with E-state index in [2.05, 4.69) is 15.6 Å². The lowest BCUT2D eigenvalue weighted by atomic mass is 9.92. The molecule has 26 heavy (non-hydrogen) atoms. The molecular weight excluding hydrogens is 361 g/mol. The second kappa shape index (κ2) is 7.34. The molecule has 2 heterocycles.